The van der Waals surface area contributed by atoms with Gasteiger partial charge in [0.2, 0.25) is 0 Å². The third-order valence-corrected chi connectivity index (χ3v) is 3.99. The Morgan fingerprint density at radius 1 is 1.32 bits per heavy atom. The predicted octanol–water partition coefficient (Wildman–Crippen LogP) is 3.27. The molecule has 2 heterocycles. The lowest BCUT2D eigenvalue weighted by molar-refractivity contribution is 0.715. The van der Waals surface area contributed by atoms with E-state index >= 15 is 0 Å². The molecule has 0 amide bonds. The molecule has 0 aliphatic carbocycles. The fourth-order valence-electron chi connectivity index (χ4n) is 2.50. The number of hydrogen-bond acceptors (Lipinski definition) is 3. The Hall–Kier alpha value is -0.800. The van der Waals surface area contributed by atoms with Crippen molar-refractivity contribution >= 4 is 17.3 Å². The van der Waals surface area contributed by atoms with Gasteiger partial charge in [-0.2, -0.15) is 0 Å². The highest BCUT2D eigenvalue weighted by atomic mass is 35.5. The molecule has 0 unspecified atom stereocenters. The second-order valence-corrected chi connectivity index (χ2v) is 5.55. The van der Waals surface area contributed by atoms with E-state index in [4.69, 9.17) is 11.6 Å². The number of halogens is 1. The quantitative estimate of drug-likeness (QED) is 0.663. The molecule has 0 radical (unpaired) electrons. The van der Waals surface area contributed by atoms with E-state index in [1.165, 1.54) is 36.9 Å². The van der Waals surface area contributed by atoms with E-state index in [2.05, 4.69) is 28.2 Å². The number of nitrogens with zero attached hydrogens (tertiary/aromatic N) is 2. The zero-order valence-electron chi connectivity index (χ0n) is 11.8. The van der Waals surface area contributed by atoms with Crippen LogP contribution in [0.1, 0.15) is 38.2 Å². The van der Waals surface area contributed by atoms with Crippen molar-refractivity contribution in [2.45, 2.75) is 39.0 Å². The Balaban J connectivity index is 2.05. The molecule has 19 heavy (non-hydrogen) atoms. The molecule has 4 heteroatoms. The van der Waals surface area contributed by atoms with E-state index in [0.717, 1.165) is 32.6 Å². The highest BCUT2D eigenvalue weighted by Gasteiger charge is 2.12. The van der Waals surface area contributed by atoms with Crippen LogP contribution in [0.25, 0.3) is 0 Å². The fraction of sp³-hybridized carbons (Fsp3) is 0.667. The van der Waals surface area contributed by atoms with Gasteiger partial charge in [0, 0.05) is 19.6 Å². The van der Waals surface area contributed by atoms with Gasteiger partial charge in [-0.3, -0.25) is 0 Å². The molecule has 0 spiro atoms. The lowest BCUT2D eigenvalue weighted by atomic mass is 10.1. The first kappa shape index (κ1) is 14.6. The van der Waals surface area contributed by atoms with Gasteiger partial charge in [-0.25, -0.2) is 4.98 Å². The van der Waals surface area contributed by atoms with Crippen LogP contribution < -0.4 is 10.2 Å². The number of rotatable bonds is 5. The number of nitrogens with one attached hydrogen (secondary N) is 1. The Morgan fingerprint density at radius 3 is 3.05 bits per heavy atom. The Kier molecular flexibility index (Phi) is 5.93. The van der Waals surface area contributed by atoms with E-state index in [1.54, 1.807) is 0 Å². The van der Waals surface area contributed by atoms with Crippen molar-refractivity contribution in [3.63, 3.8) is 0 Å². The third kappa shape index (κ3) is 4.36. The first-order valence-electron chi connectivity index (χ1n) is 7.41. The van der Waals surface area contributed by atoms with Gasteiger partial charge in [0.05, 0.1) is 11.9 Å². The first-order valence-corrected chi connectivity index (χ1v) is 7.79. The molecule has 0 bridgehead atoms. The first-order chi connectivity index (χ1) is 9.31. The standard InChI is InChI=1S/C15H24ClN3/c1-2-3-4-6-13-11-14(12-18-15(13)16)19-9-5-7-17-8-10-19/h11-12,17H,2-10H2,1H3. The zero-order chi connectivity index (χ0) is 13.5. The van der Waals surface area contributed by atoms with Crippen LogP contribution in [0.5, 0.6) is 0 Å². The van der Waals surface area contributed by atoms with Gasteiger partial charge in [-0.15, -0.1) is 0 Å². The van der Waals surface area contributed by atoms with E-state index in [1.807, 2.05) is 6.20 Å². The average Bonchev–Trinajstić information content (AvgIpc) is 2.70. The summed E-state index contributed by atoms with van der Waals surface area (Å²) in [7, 11) is 0. The lowest BCUT2D eigenvalue weighted by Gasteiger charge is -2.22. The zero-order valence-corrected chi connectivity index (χ0v) is 12.5. The molecule has 1 aliphatic rings. The maximum atomic E-state index is 6.20. The maximum absolute atomic E-state index is 6.20. The summed E-state index contributed by atoms with van der Waals surface area (Å²) < 4.78 is 0. The smallest absolute Gasteiger partial charge is 0.132 e. The summed E-state index contributed by atoms with van der Waals surface area (Å²) >= 11 is 6.20. The molecule has 1 aromatic rings. The number of hydrogen-bond donors (Lipinski definition) is 1. The van der Waals surface area contributed by atoms with Gasteiger partial charge in [0.1, 0.15) is 5.15 Å². The van der Waals surface area contributed by atoms with Gasteiger partial charge in [-0.1, -0.05) is 31.4 Å². The molecule has 1 aromatic heterocycles. The molecule has 3 nitrogen and oxygen atoms in total. The van der Waals surface area contributed by atoms with Gasteiger partial charge in [0.25, 0.3) is 0 Å². The van der Waals surface area contributed by atoms with Gasteiger partial charge >= 0.3 is 0 Å². The molecule has 106 valence electrons. The molecule has 1 N–H and O–H groups in total. The lowest BCUT2D eigenvalue weighted by Crippen LogP contribution is -2.28. The molecule has 0 saturated carbocycles. The van der Waals surface area contributed by atoms with Crippen molar-refractivity contribution in [2.75, 3.05) is 31.1 Å². The number of aromatic nitrogens is 1. The molecule has 1 fully saturated rings. The molecule has 1 aliphatic heterocycles. The van der Waals surface area contributed by atoms with Crippen LogP contribution in [0.4, 0.5) is 5.69 Å². The van der Waals surface area contributed by atoms with Crippen LogP contribution in [-0.4, -0.2) is 31.2 Å². The molecule has 1 saturated heterocycles. The van der Waals surface area contributed by atoms with E-state index in [9.17, 15) is 0 Å². The Morgan fingerprint density at radius 2 is 2.21 bits per heavy atom. The van der Waals surface area contributed by atoms with Gasteiger partial charge in [-0.05, 0) is 37.4 Å². The predicted molar refractivity (Wildman–Crippen MR) is 82.2 cm³/mol. The highest BCUT2D eigenvalue weighted by Crippen LogP contribution is 2.23. The van der Waals surface area contributed by atoms with E-state index in [-0.39, 0.29) is 0 Å². The third-order valence-electron chi connectivity index (χ3n) is 3.65. The minimum absolute atomic E-state index is 0.674. The largest absolute Gasteiger partial charge is 0.369 e. The van der Waals surface area contributed by atoms with Crippen molar-refractivity contribution in [2.24, 2.45) is 0 Å². The van der Waals surface area contributed by atoms with E-state index < -0.39 is 0 Å². The van der Waals surface area contributed by atoms with Crippen LogP contribution in [-0.2, 0) is 6.42 Å². The maximum Gasteiger partial charge on any atom is 0.132 e. The van der Waals surface area contributed by atoms with E-state index in [0.29, 0.717) is 5.15 Å². The number of aryl methyl sites for hydroxylation is 1. The second kappa shape index (κ2) is 7.71. The average molecular weight is 282 g/mol. The van der Waals surface area contributed by atoms with Crippen LogP contribution >= 0.6 is 11.6 Å². The summed E-state index contributed by atoms with van der Waals surface area (Å²) in [5.74, 6) is 0. The van der Waals surface area contributed by atoms with Crippen molar-refractivity contribution in [1.29, 1.82) is 0 Å². The van der Waals surface area contributed by atoms with Crippen LogP contribution in [0.2, 0.25) is 5.15 Å². The number of pyridine rings is 1. The van der Waals surface area contributed by atoms with Crippen LogP contribution in [0.15, 0.2) is 12.3 Å². The summed E-state index contributed by atoms with van der Waals surface area (Å²) in [6, 6.07) is 2.23. The van der Waals surface area contributed by atoms with Gasteiger partial charge in [0.15, 0.2) is 0 Å². The van der Waals surface area contributed by atoms with Crippen LogP contribution in [0.3, 0.4) is 0 Å². The summed E-state index contributed by atoms with van der Waals surface area (Å²) in [4.78, 5) is 6.78. The monoisotopic (exact) mass is 281 g/mol. The SMILES string of the molecule is CCCCCc1cc(N2CCCNCC2)cnc1Cl. The summed E-state index contributed by atoms with van der Waals surface area (Å²) in [5.41, 5.74) is 2.42. The van der Waals surface area contributed by atoms with Crippen molar-refractivity contribution in [1.82, 2.24) is 10.3 Å². The minimum atomic E-state index is 0.674. The highest BCUT2D eigenvalue weighted by molar-refractivity contribution is 6.30. The fourth-order valence-corrected chi connectivity index (χ4v) is 2.70. The number of unbranched alkanes of at least 4 members (excludes halogenated alkanes) is 2. The van der Waals surface area contributed by atoms with Gasteiger partial charge < -0.3 is 10.2 Å². The Labute approximate surface area is 121 Å². The molecule has 0 aromatic carbocycles. The summed E-state index contributed by atoms with van der Waals surface area (Å²) in [6.07, 6.45) is 7.84. The van der Waals surface area contributed by atoms with Crippen molar-refractivity contribution in [3.8, 4) is 0 Å². The second-order valence-electron chi connectivity index (χ2n) is 5.19. The normalized spacial score (nSPS) is 16.4. The van der Waals surface area contributed by atoms with Crippen molar-refractivity contribution < 1.29 is 0 Å². The van der Waals surface area contributed by atoms with Crippen LogP contribution in [0, 0.1) is 0 Å². The number of anilines is 1. The summed E-state index contributed by atoms with van der Waals surface area (Å²) in [5, 5.41) is 4.10. The minimum Gasteiger partial charge on any atom is -0.369 e. The molecule has 0 atom stereocenters. The van der Waals surface area contributed by atoms with Crippen molar-refractivity contribution in [3.05, 3.63) is 23.0 Å². The Bertz CT molecular complexity index is 387. The summed E-state index contributed by atoms with van der Waals surface area (Å²) in [6.45, 7) is 6.54. The molecule has 2 rings (SSSR count). The molecular formula is C15H24ClN3. The molecular weight excluding hydrogens is 258 g/mol. The topological polar surface area (TPSA) is 28.2 Å².